The van der Waals surface area contributed by atoms with Gasteiger partial charge in [0, 0.05) is 38.4 Å². The zero-order valence-corrected chi connectivity index (χ0v) is 22.8. The second-order valence-corrected chi connectivity index (χ2v) is 10.2. The minimum absolute atomic E-state index is 0.661. The first kappa shape index (κ1) is 25.6. The molecule has 40 heavy (non-hydrogen) atoms. The number of fused-ring (bicyclic) bond motifs is 2. The number of hydrogen-bond acceptors (Lipinski definition) is 3. The van der Waals surface area contributed by atoms with Crippen LogP contribution in [-0.4, -0.2) is 15.0 Å². The standard InChI is InChI=1S/C19H14ClN3.C14H11ClN2/c20-15-10-14-11-16(13-6-2-1-3-7-13)23-19(14)17(12-15)22-18-8-4-5-9-21-18;15-11-6-10-7-13(9-4-2-1-3-5-9)17-14(10)12(16)8-11/h1-12,23H,(H,21,22);1-8,17H,16H2. The largest absolute Gasteiger partial charge is 0.397 e. The number of rotatable bonds is 4. The van der Waals surface area contributed by atoms with Gasteiger partial charge in [-0.25, -0.2) is 4.98 Å². The van der Waals surface area contributed by atoms with Gasteiger partial charge in [0.1, 0.15) is 5.82 Å². The molecule has 0 atom stereocenters. The third-order valence-electron chi connectivity index (χ3n) is 6.51. The van der Waals surface area contributed by atoms with Gasteiger partial charge in [-0.1, -0.05) is 89.9 Å². The maximum absolute atomic E-state index is 6.27. The van der Waals surface area contributed by atoms with E-state index in [0.717, 1.165) is 55.8 Å². The predicted octanol–water partition coefficient (Wildman–Crippen LogP) is 9.70. The number of pyridine rings is 1. The molecule has 0 spiro atoms. The van der Waals surface area contributed by atoms with E-state index in [4.69, 9.17) is 28.9 Å². The molecule has 0 saturated carbocycles. The molecule has 196 valence electrons. The van der Waals surface area contributed by atoms with Gasteiger partial charge in [-0.05, 0) is 59.7 Å². The molecule has 7 heteroatoms. The maximum atomic E-state index is 6.27. The predicted molar refractivity (Wildman–Crippen MR) is 169 cm³/mol. The molecule has 0 amide bonds. The lowest BCUT2D eigenvalue weighted by atomic mass is 10.1. The lowest BCUT2D eigenvalue weighted by Gasteiger charge is -2.07. The molecule has 0 bridgehead atoms. The van der Waals surface area contributed by atoms with E-state index in [2.05, 4.69) is 56.7 Å². The second-order valence-electron chi connectivity index (χ2n) is 9.31. The van der Waals surface area contributed by atoms with Crippen LogP contribution in [0.5, 0.6) is 0 Å². The highest BCUT2D eigenvalue weighted by atomic mass is 35.5. The smallest absolute Gasteiger partial charge is 0.130 e. The van der Waals surface area contributed by atoms with Crippen molar-refractivity contribution in [1.82, 2.24) is 15.0 Å². The molecule has 0 aliphatic carbocycles. The van der Waals surface area contributed by atoms with Crippen molar-refractivity contribution in [1.29, 1.82) is 0 Å². The molecule has 7 aromatic rings. The second kappa shape index (κ2) is 11.2. The first-order valence-electron chi connectivity index (χ1n) is 12.7. The zero-order valence-electron chi connectivity index (χ0n) is 21.3. The molecule has 3 aromatic heterocycles. The Labute approximate surface area is 241 Å². The van der Waals surface area contributed by atoms with Crippen LogP contribution in [0.25, 0.3) is 44.3 Å². The summed E-state index contributed by atoms with van der Waals surface area (Å²) < 4.78 is 0. The molecule has 5 nitrogen and oxygen atoms in total. The number of nitrogens with zero attached hydrogens (tertiary/aromatic N) is 1. The molecule has 0 aliphatic heterocycles. The summed E-state index contributed by atoms with van der Waals surface area (Å²) in [6.45, 7) is 0. The topological polar surface area (TPSA) is 82.5 Å². The van der Waals surface area contributed by atoms with Crippen molar-refractivity contribution in [3.63, 3.8) is 0 Å². The number of hydrogen-bond donors (Lipinski definition) is 4. The molecule has 0 aliphatic rings. The number of halogens is 2. The quantitative estimate of drug-likeness (QED) is 0.161. The van der Waals surface area contributed by atoms with Crippen molar-refractivity contribution in [2.24, 2.45) is 0 Å². The average Bonchev–Trinajstić information content (AvgIpc) is 3.60. The Morgan fingerprint density at radius 3 is 1.75 bits per heavy atom. The third kappa shape index (κ3) is 5.52. The Bertz CT molecular complexity index is 1900. The minimum atomic E-state index is 0.661. The molecule has 5 N–H and O–H groups in total. The molecule has 7 rings (SSSR count). The fraction of sp³-hybridized carbons (Fsp3) is 0. The summed E-state index contributed by atoms with van der Waals surface area (Å²) in [7, 11) is 0. The van der Waals surface area contributed by atoms with E-state index in [1.807, 2.05) is 72.8 Å². The lowest BCUT2D eigenvalue weighted by Crippen LogP contribution is -1.93. The normalized spacial score (nSPS) is 10.8. The number of H-pyrrole nitrogens is 2. The van der Waals surface area contributed by atoms with E-state index in [9.17, 15) is 0 Å². The van der Waals surface area contributed by atoms with Crippen LogP contribution in [0.2, 0.25) is 10.0 Å². The molecule has 4 aromatic carbocycles. The van der Waals surface area contributed by atoms with Crippen LogP contribution < -0.4 is 11.1 Å². The molecule has 0 unspecified atom stereocenters. The van der Waals surface area contributed by atoms with Crippen LogP contribution in [0.3, 0.4) is 0 Å². The van der Waals surface area contributed by atoms with Gasteiger partial charge < -0.3 is 21.0 Å². The lowest BCUT2D eigenvalue weighted by molar-refractivity contribution is 1.31. The Balaban J connectivity index is 0.000000151. The van der Waals surface area contributed by atoms with Gasteiger partial charge in [0.05, 0.1) is 22.4 Å². The van der Waals surface area contributed by atoms with E-state index < -0.39 is 0 Å². The summed E-state index contributed by atoms with van der Waals surface area (Å²) in [5.41, 5.74) is 13.9. The Morgan fingerprint density at radius 1 is 0.600 bits per heavy atom. The number of nitrogen functional groups attached to an aromatic ring is 1. The highest BCUT2D eigenvalue weighted by molar-refractivity contribution is 6.32. The fourth-order valence-electron chi connectivity index (χ4n) is 4.66. The molecular formula is C33H25Cl2N5. The third-order valence-corrected chi connectivity index (χ3v) is 6.95. The van der Waals surface area contributed by atoms with Crippen LogP contribution >= 0.6 is 23.2 Å². The number of anilines is 3. The Kier molecular flexibility index (Phi) is 7.15. The highest BCUT2D eigenvalue weighted by Gasteiger charge is 2.10. The van der Waals surface area contributed by atoms with Gasteiger partial charge >= 0.3 is 0 Å². The van der Waals surface area contributed by atoms with E-state index in [-0.39, 0.29) is 0 Å². The van der Waals surface area contributed by atoms with Gasteiger partial charge in [-0.15, -0.1) is 0 Å². The highest BCUT2D eigenvalue weighted by Crippen LogP contribution is 2.33. The van der Waals surface area contributed by atoms with E-state index in [1.165, 1.54) is 0 Å². The summed E-state index contributed by atoms with van der Waals surface area (Å²) >= 11 is 12.3. The number of benzene rings is 4. The number of aromatic amines is 2. The van der Waals surface area contributed by atoms with Crippen LogP contribution in [-0.2, 0) is 0 Å². The molecule has 0 radical (unpaired) electrons. The van der Waals surface area contributed by atoms with Gasteiger partial charge in [0.2, 0.25) is 0 Å². The average molecular weight is 563 g/mol. The van der Waals surface area contributed by atoms with Crippen LogP contribution in [0.15, 0.2) is 121 Å². The Morgan fingerprint density at radius 2 is 1.15 bits per heavy atom. The molecular weight excluding hydrogens is 537 g/mol. The summed E-state index contributed by atoms with van der Waals surface area (Å²) in [5.74, 6) is 0.784. The van der Waals surface area contributed by atoms with E-state index in [1.54, 1.807) is 12.3 Å². The van der Waals surface area contributed by atoms with Crippen molar-refractivity contribution in [2.75, 3.05) is 11.1 Å². The van der Waals surface area contributed by atoms with Gasteiger partial charge in [-0.3, -0.25) is 0 Å². The van der Waals surface area contributed by atoms with Crippen molar-refractivity contribution < 1.29 is 0 Å². The zero-order chi connectivity index (χ0) is 27.5. The number of aromatic nitrogens is 3. The maximum Gasteiger partial charge on any atom is 0.130 e. The molecule has 3 heterocycles. The first-order chi connectivity index (χ1) is 19.5. The van der Waals surface area contributed by atoms with Gasteiger partial charge in [-0.2, -0.15) is 0 Å². The summed E-state index contributed by atoms with van der Waals surface area (Å²) in [6.07, 6.45) is 1.76. The monoisotopic (exact) mass is 561 g/mol. The fourth-order valence-corrected chi connectivity index (χ4v) is 5.12. The number of nitrogens with one attached hydrogen (secondary N) is 3. The van der Waals surface area contributed by atoms with E-state index in [0.29, 0.717) is 15.7 Å². The Hall–Kier alpha value is -4.71. The number of nitrogens with two attached hydrogens (primary N) is 1. The summed E-state index contributed by atoms with van der Waals surface area (Å²) in [5, 5.41) is 6.78. The van der Waals surface area contributed by atoms with E-state index >= 15 is 0 Å². The molecule has 0 saturated heterocycles. The first-order valence-corrected chi connectivity index (χ1v) is 13.5. The van der Waals surface area contributed by atoms with Crippen LogP contribution in [0, 0.1) is 0 Å². The van der Waals surface area contributed by atoms with Crippen molar-refractivity contribution in [2.45, 2.75) is 0 Å². The van der Waals surface area contributed by atoms with Crippen LogP contribution in [0.4, 0.5) is 17.2 Å². The SMILES string of the molecule is Clc1cc(Nc2ccccn2)c2[nH]c(-c3ccccc3)cc2c1.Nc1cc(Cl)cc2cc(-c3ccccc3)[nH]c12. The van der Waals surface area contributed by atoms with Gasteiger partial charge in [0.25, 0.3) is 0 Å². The van der Waals surface area contributed by atoms with Gasteiger partial charge in [0.15, 0.2) is 0 Å². The van der Waals surface area contributed by atoms with Crippen molar-refractivity contribution in [3.8, 4) is 22.5 Å². The minimum Gasteiger partial charge on any atom is -0.397 e. The van der Waals surface area contributed by atoms with Crippen molar-refractivity contribution in [3.05, 3.63) is 132 Å². The molecule has 0 fully saturated rings. The summed E-state index contributed by atoms with van der Waals surface area (Å²) in [4.78, 5) is 11.1. The van der Waals surface area contributed by atoms with Crippen molar-refractivity contribution >= 4 is 62.2 Å². The van der Waals surface area contributed by atoms with Crippen LogP contribution in [0.1, 0.15) is 0 Å². The summed E-state index contributed by atoms with van der Waals surface area (Å²) in [6, 6.07) is 37.8.